The molecule has 0 atom stereocenters. The minimum atomic E-state index is -0.436. The first kappa shape index (κ1) is 16.5. The maximum atomic E-state index is 11.8. The molecule has 0 unspecified atom stereocenters. The molecule has 1 amide bonds. The molecule has 0 aliphatic heterocycles. The van der Waals surface area contributed by atoms with Gasteiger partial charge < -0.3 is 10.1 Å². The van der Waals surface area contributed by atoms with Crippen molar-refractivity contribution in [3.8, 4) is 6.07 Å². The van der Waals surface area contributed by atoms with Crippen LogP contribution in [0.2, 0.25) is 10.0 Å². The van der Waals surface area contributed by atoms with Crippen LogP contribution in [0.1, 0.15) is 12.0 Å². The second-order valence-corrected chi connectivity index (χ2v) is 4.78. The van der Waals surface area contributed by atoms with Gasteiger partial charge in [0.1, 0.15) is 11.6 Å². The molecule has 106 valence electrons. The SMILES string of the molecule is COCCCNC(=O)/C(C#N)=C\c1ccc(Cl)cc1Cl. The van der Waals surface area contributed by atoms with Crippen LogP contribution in [0.5, 0.6) is 0 Å². The number of hydrogen-bond acceptors (Lipinski definition) is 3. The van der Waals surface area contributed by atoms with E-state index >= 15 is 0 Å². The van der Waals surface area contributed by atoms with E-state index in [0.29, 0.717) is 35.2 Å². The summed E-state index contributed by atoms with van der Waals surface area (Å²) < 4.78 is 4.87. The molecule has 1 aromatic rings. The van der Waals surface area contributed by atoms with E-state index in [-0.39, 0.29) is 5.57 Å². The van der Waals surface area contributed by atoms with E-state index in [0.717, 1.165) is 0 Å². The van der Waals surface area contributed by atoms with Crippen LogP contribution in [0.15, 0.2) is 23.8 Å². The fourth-order valence-electron chi connectivity index (χ4n) is 1.44. The second kappa shape index (κ2) is 8.60. The van der Waals surface area contributed by atoms with Crippen molar-refractivity contribution in [3.05, 3.63) is 39.4 Å². The molecule has 4 nitrogen and oxygen atoms in total. The van der Waals surface area contributed by atoms with E-state index in [1.54, 1.807) is 25.3 Å². The quantitative estimate of drug-likeness (QED) is 0.499. The van der Waals surface area contributed by atoms with Crippen LogP contribution >= 0.6 is 23.2 Å². The maximum absolute atomic E-state index is 11.8. The number of methoxy groups -OCH3 is 1. The Balaban J connectivity index is 2.77. The third-order valence-corrected chi connectivity index (χ3v) is 3.00. The van der Waals surface area contributed by atoms with Gasteiger partial charge in [0.2, 0.25) is 0 Å². The van der Waals surface area contributed by atoms with Crippen molar-refractivity contribution in [2.75, 3.05) is 20.3 Å². The molecule has 1 rings (SSSR count). The van der Waals surface area contributed by atoms with E-state index in [4.69, 9.17) is 33.2 Å². The number of nitrogens with one attached hydrogen (secondary N) is 1. The zero-order valence-electron chi connectivity index (χ0n) is 11.0. The van der Waals surface area contributed by atoms with Crippen LogP contribution < -0.4 is 5.32 Å². The number of hydrogen-bond donors (Lipinski definition) is 1. The molecule has 1 N–H and O–H groups in total. The minimum Gasteiger partial charge on any atom is -0.385 e. The minimum absolute atomic E-state index is 0.00774. The zero-order chi connectivity index (χ0) is 15.0. The number of amides is 1. The fraction of sp³-hybridized carbons (Fsp3) is 0.286. The largest absolute Gasteiger partial charge is 0.385 e. The van der Waals surface area contributed by atoms with E-state index in [1.165, 1.54) is 6.08 Å². The summed E-state index contributed by atoms with van der Waals surface area (Å²) in [6, 6.07) is 6.71. The second-order valence-electron chi connectivity index (χ2n) is 3.94. The summed E-state index contributed by atoms with van der Waals surface area (Å²) in [4.78, 5) is 11.8. The molecule has 0 heterocycles. The molecule has 0 aliphatic rings. The number of rotatable bonds is 6. The van der Waals surface area contributed by atoms with Crippen LogP contribution in [-0.4, -0.2) is 26.2 Å². The third-order valence-electron chi connectivity index (χ3n) is 2.44. The van der Waals surface area contributed by atoms with Gasteiger partial charge in [-0.25, -0.2) is 0 Å². The van der Waals surface area contributed by atoms with Gasteiger partial charge in [-0.3, -0.25) is 4.79 Å². The van der Waals surface area contributed by atoms with E-state index < -0.39 is 5.91 Å². The van der Waals surface area contributed by atoms with Crippen LogP contribution in [0.25, 0.3) is 6.08 Å². The first-order valence-electron chi connectivity index (χ1n) is 5.92. The standard InChI is InChI=1S/C14H14Cl2N2O2/c1-20-6-2-5-18-14(19)11(9-17)7-10-3-4-12(15)8-13(10)16/h3-4,7-8H,2,5-6H2,1H3,(H,18,19)/b11-7-. The molecule has 20 heavy (non-hydrogen) atoms. The average Bonchev–Trinajstić information content (AvgIpc) is 2.42. The molecule has 6 heteroatoms. The molecule has 0 saturated carbocycles. The number of ether oxygens (including phenoxy) is 1. The molecule has 0 saturated heterocycles. The molecule has 0 radical (unpaired) electrons. The van der Waals surface area contributed by atoms with Gasteiger partial charge in [0.15, 0.2) is 0 Å². The monoisotopic (exact) mass is 312 g/mol. The molecule has 0 aliphatic carbocycles. The van der Waals surface area contributed by atoms with Crippen molar-refractivity contribution in [2.24, 2.45) is 0 Å². The highest BCUT2D eigenvalue weighted by Crippen LogP contribution is 2.23. The zero-order valence-corrected chi connectivity index (χ0v) is 12.5. The highest BCUT2D eigenvalue weighted by Gasteiger charge is 2.09. The number of halogens is 2. The Morgan fingerprint density at radius 2 is 2.25 bits per heavy atom. The van der Waals surface area contributed by atoms with Crippen molar-refractivity contribution < 1.29 is 9.53 Å². The fourth-order valence-corrected chi connectivity index (χ4v) is 1.90. The lowest BCUT2D eigenvalue weighted by molar-refractivity contribution is -0.117. The Labute approximate surface area is 127 Å². The van der Waals surface area contributed by atoms with Gasteiger partial charge in [-0.05, 0) is 30.2 Å². The maximum Gasteiger partial charge on any atom is 0.261 e. The summed E-state index contributed by atoms with van der Waals surface area (Å²) in [6.07, 6.45) is 2.12. The van der Waals surface area contributed by atoms with E-state index in [1.807, 2.05) is 6.07 Å². The number of nitriles is 1. The van der Waals surface area contributed by atoms with E-state index in [2.05, 4.69) is 5.32 Å². The lowest BCUT2D eigenvalue weighted by Gasteiger charge is -2.04. The van der Waals surface area contributed by atoms with Crippen LogP contribution in [0.3, 0.4) is 0 Å². The lowest BCUT2D eigenvalue weighted by atomic mass is 10.1. The van der Waals surface area contributed by atoms with Gasteiger partial charge in [-0.1, -0.05) is 29.3 Å². The van der Waals surface area contributed by atoms with Gasteiger partial charge in [-0.2, -0.15) is 5.26 Å². The molecule has 0 spiro atoms. The number of carbonyl (C=O) groups is 1. The number of carbonyl (C=O) groups excluding carboxylic acids is 1. The Morgan fingerprint density at radius 3 is 2.85 bits per heavy atom. The summed E-state index contributed by atoms with van der Waals surface area (Å²) in [5.41, 5.74) is 0.561. The Bertz CT molecular complexity index is 551. The summed E-state index contributed by atoms with van der Waals surface area (Å²) in [5, 5.41) is 12.6. The van der Waals surface area contributed by atoms with Gasteiger partial charge in [0, 0.05) is 30.3 Å². The lowest BCUT2D eigenvalue weighted by Crippen LogP contribution is -2.26. The van der Waals surface area contributed by atoms with Crippen LogP contribution in [0, 0.1) is 11.3 Å². The smallest absolute Gasteiger partial charge is 0.261 e. The Kier molecular flexibility index (Phi) is 7.10. The Morgan fingerprint density at radius 1 is 1.50 bits per heavy atom. The third kappa shape index (κ3) is 5.22. The van der Waals surface area contributed by atoms with Gasteiger partial charge in [0.05, 0.1) is 0 Å². The molecular formula is C14H14Cl2N2O2. The number of nitrogens with zero attached hydrogens (tertiary/aromatic N) is 1. The first-order chi connectivity index (χ1) is 9.58. The van der Waals surface area contributed by atoms with Crippen LogP contribution in [-0.2, 0) is 9.53 Å². The highest BCUT2D eigenvalue weighted by atomic mass is 35.5. The van der Waals surface area contributed by atoms with Gasteiger partial charge >= 0.3 is 0 Å². The van der Waals surface area contributed by atoms with Crippen molar-refractivity contribution in [2.45, 2.75) is 6.42 Å². The average molecular weight is 313 g/mol. The predicted molar refractivity (Wildman–Crippen MR) is 79.6 cm³/mol. The molecule has 1 aromatic carbocycles. The van der Waals surface area contributed by atoms with Crippen molar-refractivity contribution >= 4 is 35.2 Å². The highest BCUT2D eigenvalue weighted by molar-refractivity contribution is 6.35. The number of benzene rings is 1. The Hall–Kier alpha value is -1.54. The van der Waals surface area contributed by atoms with Crippen molar-refractivity contribution in [1.82, 2.24) is 5.32 Å². The summed E-state index contributed by atoms with van der Waals surface area (Å²) in [6.45, 7) is 0.995. The summed E-state index contributed by atoms with van der Waals surface area (Å²) >= 11 is 11.8. The molecule has 0 bridgehead atoms. The summed E-state index contributed by atoms with van der Waals surface area (Å²) in [7, 11) is 1.59. The normalized spacial score (nSPS) is 11.0. The van der Waals surface area contributed by atoms with Gasteiger partial charge in [0.25, 0.3) is 5.91 Å². The molecule has 0 fully saturated rings. The van der Waals surface area contributed by atoms with Crippen molar-refractivity contribution in [3.63, 3.8) is 0 Å². The predicted octanol–water partition coefficient (Wildman–Crippen LogP) is 3.05. The molecule has 0 aromatic heterocycles. The van der Waals surface area contributed by atoms with Crippen molar-refractivity contribution in [1.29, 1.82) is 5.26 Å². The van der Waals surface area contributed by atoms with E-state index in [9.17, 15) is 4.79 Å². The van der Waals surface area contributed by atoms with Gasteiger partial charge in [-0.15, -0.1) is 0 Å². The molecular weight excluding hydrogens is 299 g/mol. The first-order valence-corrected chi connectivity index (χ1v) is 6.68. The van der Waals surface area contributed by atoms with Crippen LogP contribution in [0.4, 0.5) is 0 Å². The summed E-state index contributed by atoms with van der Waals surface area (Å²) in [5.74, 6) is -0.436. The topological polar surface area (TPSA) is 62.1 Å².